The maximum Gasteiger partial charge on any atom is 0.229 e. The molecule has 0 bridgehead atoms. The van der Waals surface area contributed by atoms with Gasteiger partial charge in [0, 0.05) is 12.8 Å². The Morgan fingerprint density at radius 3 is 2.54 bits per heavy atom. The van der Waals surface area contributed by atoms with Gasteiger partial charge in [-0.15, -0.1) is 0 Å². The van der Waals surface area contributed by atoms with Gasteiger partial charge in [0.15, 0.2) is 17.6 Å². The zero-order valence-electron chi connectivity index (χ0n) is 12.8. The fourth-order valence-electron chi connectivity index (χ4n) is 4.05. The van der Waals surface area contributed by atoms with Crippen LogP contribution in [0.25, 0.3) is 0 Å². The van der Waals surface area contributed by atoms with Gasteiger partial charge in [0.25, 0.3) is 0 Å². The maximum atomic E-state index is 11.9. The molecule has 0 aromatic rings. The molecular weight excluding hydrogens is 318 g/mol. The van der Waals surface area contributed by atoms with Gasteiger partial charge in [0.2, 0.25) is 11.8 Å². The monoisotopic (exact) mass is 337 g/mol. The van der Waals surface area contributed by atoms with Crippen LogP contribution in [0.5, 0.6) is 0 Å². The highest BCUT2D eigenvalue weighted by atomic mass is 16.3. The van der Waals surface area contributed by atoms with E-state index in [9.17, 15) is 19.8 Å². The van der Waals surface area contributed by atoms with Crippen LogP contribution < -0.4 is 16.8 Å². The highest BCUT2D eigenvalue weighted by Crippen LogP contribution is 2.40. The third kappa shape index (κ3) is 1.79. The topological polar surface area (TPSA) is 170 Å². The van der Waals surface area contributed by atoms with E-state index < -0.39 is 30.0 Å². The number of rotatable bonds is 2. The van der Waals surface area contributed by atoms with Gasteiger partial charge in [-0.05, 0) is 0 Å². The molecule has 0 aliphatic carbocycles. The highest BCUT2D eigenvalue weighted by molar-refractivity contribution is 6.02. The van der Waals surface area contributed by atoms with Gasteiger partial charge in [0.05, 0.1) is 19.1 Å². The number of hydrogen-bond acceptors (Lipinski definition) is 10. The molecule has 4 rings (SSSR count). The molecule has 7 N–H and O–H groups in total. The molecule has 130 valence electrons. The molecule has 0 radical (unpaired) electrons. The van der Waals surface area contributed by atoms with Crippen LogP contribution in [-0.2, 0) is 9.59 Å². The predicted molar refractivity (Wildman–Crippen MR) is 81.4 cm³/mol. The molecule has 4 aliphatic heterocycles. The Labute approximate surface area is 137 Å². The van der Waals surface area contributed by atoms with E-state index in [4.69, 9.17) is 11.5 Å². The fourth-order valence-corrected chi connectivity index (χ4v) is 4.05. The number of aliphatic hydroxyl groups is 2. The number of imide groups is 1. The second-order valence-electron chi connectivity index (χ2n) is 6.49. The Kier molecular flexibility index (Phi) is 3.03. The molecule has 0 aromatic heterocycles. The second-order valence-corrected chi connectivity index (χ2v) is 6.49. The Balaban J connectivity index is 1.71. The summed E-state index contributed by atoms with van der Waals surface area (Å²) in [5.74, 6) is -0.337. The van der Waals surface area contributed by atoms with Gasteiger partial charge in [-0.25, -0.2) is 9.98 Å². The number of carbonyl (C=O) groups is 2. The van der Waals surface area contributed by atoms with E-state index in [1.54, 1.807) is 4.90 Å². The fraction of sp³-hybridized carbons (Fsp3) is 0.692. The number of nitrogens with two attached hydrogens (primary N) is 2. The van der Waals surface area contributed by atoms with Crippen LogP contribution in [0.4, 0.5) is 0 Å². The lowest BCUT2D eigenvalue weighted by Crippen LogP contribution is -2.73. The lowest BCUT2D eigenvalue weighted by atomic mass is 9.88. The Morgan fingerprint density at radius 1 is 1.21 bits per heavy atom. The number of aliphatic hydroxyl groups excluding tert-OH is 2. The molecular formula is C13H19N7O4. The average Bonchev–Trinajstić information content (AvgIpc) is 3.12. The van der Waals surface area contributed by atoms with Crippen molar-refractivity contribution >= 4 is 23.7 Å². The van der Waals surface area contributed by atoms with E-state index in [0.29, 0.717) is 0 Å². The molecule has 11 nitrogen and oxygen atoms in total. The first-order valence-electron chi connectivity index (χ1n) is 7.76. The first-order valence-corrected chi connectivity index (χ1v) is 7.76. The summed E-state index contributed by atoms with van der Waals surface area (Å²) in [6, 6.07) is -1.33. The summed E-state index contributed by atoms with van der Waals surface area (Å²) in [6.45, 7) is 0.0942. The number of hydrogen-bond donors (Lipinski definition) is 5. The standard InChI is InChI=1S/C13H19N7O4/c14-11-17-9-5(3-19-7(22)1-2-8(19)23)16-12(15)20-4-6(21)10(24)13(9,20)18-11/h5-6,9-10,21,24H,1-4H2,(H2,15,16)(H3,14,17,18)/t5-,6-,9?,10+,13-/m0/s1. The molecule has 0 aromatic carbocycles. The number of aliphatic imine (C=N–C) groups is 2. The van der Waals surface area contributed by atoms with Gasteiger partial charge in [0.1, 0.15) is 18.2 Å². The molecule has 1 unspecified atom stereocenters. The third-order valence-corrected chi connectivity index (χ3v) is 5.15. The average molecular weight is 337 g/mol. The molecule has 1 spiro atoms. The number of likely N-dealkylation sites (tertiary alicyclic amines) is 1. The van der Waals surface area contributed by atoms with Gasteiger partial charge < -0.3 is 31.9 Å². The van der Waals surface area contributed by atoms with Crippen molar-refractivity contribution in [3.8, 4) is 0 Å². The van der Waals surface area contributed by atoms with Crippen molar-refractivity contribution in [3.63, 3.8) is 0 Å². The summed E-state index contributed by atoms with van der Waals surface area (Å²) < 4.78 is 0. The van der Waals surface area contributed by atoms with E-state index in [2.05, 4.69) is 15.3 Å². The van der Waals surface area contributed by atoms with E-state index >= 15 is 0 Å². The smallest absolute Gasteiger partial charge is 0.229 e. The minimum Gasteiger partial charge on any atom is -0.388 e. The SMILES string of the molecule is NC1=NC2[C@H](CN3C(=O)CCC3=O)N=C(N)N3C[C@H](O)[C@@H](O)[C@]23N1. The van der Waals surface area contributed by atoms with Crippen LogP contribution in [0, 0.1) is 0 Å². The number of carbonyl (C=O) groups excluding carboxylic acids is 2. The first-order chi connectivity index (χ1) is 11.3. The molecule has 5 atom stereocenters. The van der Waals surface area contributed by atoms with Crippen molar-refractivity contribution in [2.24, 2.45) is 21.5 Å². The van der Waals surface area contributed by atoms with Crippen LogP contribution in [0.1, 0.15) is 12.8 Å². The van der Waals surface area contributed by atoms with Gasteiger partial charge >= 0.3 is 0 Å². The van der Waals surface area contributed by atoms with Crippen LogP contribution in [0.2, 0.25) is 0 Å². The van der Waals surface area contributed by atoms with Crippen LogP contribution in [-0.4, -0.2) is 86.8 Å². The Morgan fingerprint density at radius 2 is 1.88 bits per heavy atom. The first kappa shape index (κ1) is 15.1. The number of nitrogens with one attached hydrogen (secondary N) is 1. The van der Waals surface area contributed by atoms with Gasteiger partial charge in [-0.2, -0.15) is 0 Å². The van der Waals surface area contributed by atoms with E-state index in [1.807, 2.05) is 0 Å². The third-order valence-electron chi connectivity index (χ3n) is 5.15. The number of nitrogens with zero attached hydrogens (tertiary/aromatic N) is 4. The maximum absolute atomic E-state index is 11.9. The summed E-state index contributed by atoms with van der Waals surface area (Å²) in [4.78, 5) is 35.1. The summed E-state index contributed by atoms with van der Waals surface area (Å²) in [5.41, 5.74) is 10.6. The van der Waals surface area contributed by atoms with Crippen molar-refractivity contribution < 1.29 is 19.8 Å². The predicted octanol–water partition coefficient (Wildman–Crippen LogP) is -4.15. The van der Waals surface area contributed by atoms with Crippen molar-refractivity contribution in [2.45, 2.75) is 42.8 Å². The minimum atomic E-state index is -1.22. The molecule has 24 heavy (non-hydrogen) atoms. The summed E-state index contributed by atoms with van der Waals surface area (Å²) in [5, 5.41) is 23.5. The largest absolute Gasteiger partial charge is 0.388 e. The van der Waals surface area contributed by atoms with Crippen LogP contribution in [0.15, 0.2) is 9.98 Å². The Hall–Kier alpha value is -2.40. The summed E-state index contributed by atoms with van der Waals surface area (Å²) in [6.07, 6.45) is -1.90. The molecule has 2 saturated heterocycles. The molecule has 4 aliphatic rings. The number of amides is 2. The van der Waals surface area contributed by atoms with Crippen LogP contribution >= 0.6 is 0 Å². The summed E-state index contributed by atoms with van der Waals surface area (Å²) in [7, 11) is 0. The van der Waals surface area contributed by atoms with E-state index in [-0.39, 0.29) is 49.7 Å². The zero-order chi connectivity index (χ0) is 17.2. The zero-order valence-corrected chi connectivity index (χ0v) is 12.8. The molecule has 11 heteroatoms. The van der Waals surface area contributed by atoms with Crippen molar-refractivity contribution in [2.75, 3.05) is 13.1 Å². The van der Waals surface area contributed by atoms with Crippen LogP contribution in [0.3, 0.4) is 0 Å². The number of guanidine groups is 2. The quantitative estimate of drug-likeness (QED) is 0.316. The van der Waals surface area contributed by atoms with E-state index in [1.165, 1.54) is 0 Å². The minimum absolute atomic E-state index is 0.0138. The molecule has 4 heterocycles. The van der Waals surface area contributed by atoms with Gasteiger partial charge in [-0.1, -0.05) is 0 Å². The van der Waals surface area contributed by atoms with E-state index in [0.717, 1.165) is 4.90 Å². The lowest BCUT2D eigenvalue weighted by molar-refractivity contribution is -0.139. The van der Waals surface area contributed by atoms with Crippen molar-refractivity contribution in [3.05, 3.63) is 0 Å². The Bertz CT molecular complexity index is 663. The molecule has 2 amide bonds. The second kappa shape index (κ2) is 4.80. The molecule has 0 saturated carbocycles. The highest BCUT2D eigenvalue weighted by Gasteiger charge is 2.65. The lowest BCUT2D eigenvalue weighted by Gasteiger charge is -2.46. The van der Waals surface area contributed by atoms with Crippen molar-refractivity contribution in [1.29, 1.82) is 0 Å². The summed E-state index contributed by atoms with van der Waals surface area (Å²) >= 11 is 0. The molecule has 2 fully saturated rings. The normalized spacial score (nSPS) is 41.1. The van der Waals surface area contributed by atoms with Gasteiger partial charge in [-0.3, -0.25) is 14.5 Å². The van der Waals surface area contributed by atoms with Crippen molar-refractivity contribution in [1.82, 2.24) is 15.1 Å².